The molecule has 4 heterocycles. The number of ether oxygens (including phenoxy) is 1. The van der Waals surface area contributed by atoms with Crippen LogP contribution >= 0.6 is 0 Å². The summed E-state index contributed by atoms with van der Waals surface area (Å²) in [6.07, 6.45) is 5.14. The summed E-state index contributed by atoms with van der Waals surface area (Å²) < 4.78 is 7.11. The number of rotatable bonds is 7. The lowest BCUT2D eigenvalue weighted by atomic mass is 10.1. The highest BCUT2D eigenvalue weighted by Crippen LogP contribution is 2.27. The Labute approximate surface area is 195 Å². The fraction of sp³-hybridized carbons (Fsp3) is 0.292. The zero-order chi connectivity index (χ0) is 23.5. The Kier molecular flexibility index (Phi) is 5.94. The Morgan fingerprint density at radius 1 is 1.18 bits per heavy atom. The molecule has 0 bridgehead atoms. The summed E-state index contributed by atoms with van der Waals surface area (Å²) >= 11 is 0. The first-order chi connectivity index (χ1) is 16.6. The first-order valence-electron chi connectivity index (χ1n) is 11.2. The smallest absolute Gasteiger partial charge is 0.294 e. The van der Waals surface area contributed by atoms with E-state index >= 15 is 0 Å². The molecule has 3 aromatic rings. The number of benzene rings is 1. The normalized spacial score (nSPS) is 16.1. The molecule has 2 aromatic heterocycles. The molecule has 0 saturated carbocycles. The molecule has 34 heavy (non-hydrogen) atoms. The average Bonchev–Trinajstić information content (AvgIpc) is 3.30. The molecule has 0 aliphatic carbocycles. The minimum Gasteiger partial charge on any atom is -0.472 e. The average molecular weight is 460 g/mol. The van der Waals surface area contributed by atoms with Gasteiger partial charge in [-0.2, -0.15) is 0 Å². The van der Waals surface area contributed by atoms with Crippen LogP contribution in [0.3, 0.4) is 0 Å². The lowest BCUT2D eigenvalue weighted by molar-refractivity contribution is -0.124. The Bertz CT molecular complexity index is 1290. The van der Waals surface area contributed by atoms with E-state index in [0.29, 0.717) is 42.7 Å². The minimum absolute atomic E-state index is 0.0886. The van der Waals surface area contributed by atoms with Crippen LogP contribution in [0.4, 0.5) is 5.82 Å². The van der Waals surface area contributed by atoms with Gasteiger partial charge >= 0.3 is 0 Å². The van der Waals surface area contributed by atoms with Gasteiger partial charge in [-0.05, 0) is 31.0 Å². The molecule has 2 aliphatic heterocycles. The van der Waals surface area contributed by atoms with Gasteiger partial charge in [-0.25, -0.2) is 4.98 Å². The number of hydrogen-bond acceptors (Lipinski definition) is 7. The molecule has 0 fully saturated rings. The number of hydrogen-bond donors (Lipinski definition) is 3. The van der Waals surface area contributed by atoms with Crippen LogP contribution < -0.4 is 26.2 Å². The second kappa shape index (κ2) is 9.34. The molecule has 174 valence electrons. The standard InChI is InChI=1S/C24H24N6O4/c31-22-18-6-3-4-15(20(18)34-14-29-22)12-28-23(32)19-8-7-17-13-27-21(24(33)30(17)19)26-11-9-16-5-1-2-10-25-16/h1-6,10,13,19H,7-9,11-12,14H2,(H,26,27)(H,28,32)(H,29,31)/t19-/m0/s1. The van der Waals surface area contributed by atoms with E-state index in [9.17, 15) is 14.4 Å². The van der Waals surface area contributed by atoms with Crippen LogP contribution in [0.1, 0.15) is 39.8 Å². The molecule has 5 rings (SSSR count). The van der Waals surface area contributed by atoms with Gasteiger partial charge in [0.1, 0.15) is 11.8 Å². The number of carbonyl (C=O) groups is 2. The first kappa shape index (κ1) is 21.6. The fourth-order valence-electron chi connectivity index (χ4n) is 4.31. The number of amides is 2. The van der Waals surface area contributed by atoms with Gasteiger partial charge in [-0.3, -0.25) is 23.9 Å². The fourth-order valence-corrected chi connectivity index (χ4v) is 4.31. The van der Waals surface area contributed by atoms with Gasteiger partial charge < -0.3 is 20.7 Å². The summed E-state index contributed by atoms with van der Waals surface area (Å²) in [4.78, 5) is 46.7. The molecule has 0 unspecified atom stereocenters. The van der Waals surface area contributed by atoms with E-state index < -0.39 is 6.04 Å². The number of aromatic nitrogens is 3. The van der Waals surface area contributed by atoms with Crippen molar-refractivity contribution in [3.8, 4) is 5.75 Å². The summed E-state index contributed by atoms with van der Waals surface area (Å²) in [5.74, 6) is 0.223. The number of anilines is 1. The molecule has 1 aromatic carbocycles. The van der Waals surface area contributed by atoms with Crippen LogP contribution in [-0.2, 0) is 24.2 Å². The second-order valence-corrected chi connectivity index (χ2v) is 8.13. The van der Waals surface area contributed by atoms with Crippen LogP contribution in [-0.4, -0.2) is 39.6 Å². The van der Waals surface area contributed by atoms with Crippen LogP contribution in [0.2, 0.25) is 0 Å². The lowest BCUT2D eigenvalue weighted by Gasteiger charge is -2.21. The third kappa shape index (κ3) is 4.21. The predicted molar refractivity (Wildman–Crippen MR) is 124 cm³/mol. The Balaban J connectivity index is 1.27. The van der Waals surface area contributed by atoms with Crippen molar-refractivity contribution in [3.05, 3.63) is 81.7 Å². The van der Waals surface area contributed by atoms with Crippen molar-refractivity contribution < 1.29 is 14.3 Å². The van der Waals surface area contributed by atoms with Crippen molar-refractivity contribution in [2.75, 3.05) is 18.6 Å². The van der Waals surface area contributed by atoms with Gasteiger partial charge in [0, 0.05) is 48.9 Å². The number of nitrogens with one attached hydrogen (secondary N) is 3. The quantitative estimate of drug-likeness (QED) is 0.483. The number of nitrogens with zero attached hydrogens (tertiary/aromatic N) is 3. The number of para-hydroxylation sites is 1. The summed E-state index contributed by atoms with van der Waals surface area (Å²) in [6.45, 7) is 0.781. The van der Waals surface area contributed by atoms with Crippen molar-refractivity contribution in [3.63, 3.8) is 0 Å². The van der Waals surface area contributed by atoms with E-state index in [4.69, 9.17) is 4.74 Å². The number of pyridine rings is 1. The zero-order valence-electron chi connectivity index (χ0n) is 18.4. The van der Waals surface area contributed by atoms with E-state index in [1.807, 2.05) is 18.2 Å². The maximum Gasteiger partial charge on any atom is 0.294 e. The molecule has 0 spiro atoms. The van der Waals surface area contributed by atoms with Gasteiger partial charge in [0.2, 0.25) is 5.91 Å². The molecule has 0 saturated heterocycles. The SMILES string of the molecule is O=C1NCOc2c(CNC(=O)[C@@H]3CCc4cnc(NCCc5ccccn5)c(=O)n43)cccc21. The maximum atomic E-state index is 13.1. The summed E-state index contributed by atoms with van der Waals surface area (Å²) in [7, 11) is 0. The monoisotopic (exact) mass is 460 g/mol. The van der Waals surface area contributed by atoms with E-state index in [1.165, 1.54) is 4.57 Å². The van der Waals surface area contributed by atoms with Crippen LogP contribution in [0.15, 0.2) is 53.6 Å². The molecule has 1 atom stereocenters. The highest BCUT2D eigenvalue weighted by atomic mass is 16.5. The summed E-state index contributed by atoms with van der Waals surface area (Å²) in [5, 5.41) is 8.59. The van der Waals surface area contributed by atoms with Crippen LogP contribution in [0.5, 0.6) is 5.75 Å². The van der Waals surface area contributed by atoms with Crippen molar-refractivity contribution >= 4 is 17.6 Å². The molecule has 2 aliphatic rings. The molecule has 2 amide bonds. The predicted octanol–water partition coefficient (Wildman–Crippen LogP) is 1.18. The topological polar surface area (TPSA) is 127 Å². The van der Waals surface area contributed by atoms with Gasteiger partial charge in [0.15, 0.2) is 12.5 Å². The third-order valence-corrected chi connectivity index (χ3v) is 6.00. The number of fused-ring (bicyclic) bond motifs is 2. The highest BCUT2D eigenvalue weighted by Gasteiger charge is 2.31. The molecular weight excluding hydrogens is 436 g/mol. The second-order valence-electron chi connectivity index (χ2n) is 8.13. The summed E-state index contributed by atoms with van der Waals surface area (Å²) in [6, 6.07) is 10.3. The first-order valence-corrected chi connectivity index (χ1v) is 11.2. The third-order valence-electron chi connectivity index (χ3n) is 6.00. The molecule has 10 nitrogen and oxygen atoms in total. The van der Waals surface area contributed by atoms with Gasteiger partial charge in [-0.15, -0.1) is 0 Å². The Morgan fingerprint density at radius 2 is 2.09 bits per heavy atom. The van der Waals surface area contributed by atoms with Crippen molar-refractivity contribution in [2.45, 2.75) is 31.8 Å². The van der Waals surface area contributed by atoms with E-state index in [1.54, 1.807) is 30.6 Å². The maximum absolute atomic E-state index is 13.1. The van der Waals surface area contributed by atoms with Crippen LogP contribution in [0.25, 0.3) is 0 Å². The Morgan fingerprint density at radius 3 is 2.94 bits per heavy atom. The van der Waals surface area contributed by atoms with Crippen molar-refractivity contribution in [2.24, 2.45) is 0 Å². The minimum atomic E-state index is -0.620. The van der Waals surface area contributed by atoms with Gasteiger partial charge in [-0.1, -0.05) is 18.2 Å². The molecule has 3 N–H and O–H groups in total. The van der Waals surface area contributed by atoms with E-state index in [-0.39, 0.29) is 36.5 Å². The Hall–Kier alpha value is -4.21. The zero-order valence-corrected chi connectivity index (χ0v) is 18.4. The molecule has 10 heteroatoms. The van der Waals surface area contributed by atoms with Crippen molar-refractivity contribution in [1.29, 1.82) is 0 Å². The van der Waals surface area contributed by atoms with Crippen molar-refractivity contribution in [1.82, 2.24) is 25.2 Å². The number of aryl methyl sites for hydroxylation is 1. The highest BCUT2D eigenvalue weighted by molar-refractivity contribution is 5.98. The largest absolute Gasteiger partial charge is 0.472 e. The van der Waals surface area contributed by atoms with Gasteiger partial charge in [0.25, 0.3) is 11.5 Å². The lowest BCUT2D eigenvalue weighted by Crippen LogP contribution is -2.37. The van der Waals surface area contributed by atoms with Gasteiger partial charge in [0.05, 0.1) is 5.56 Å². The molecular formula is C24H24N6O4. The van der Waals surface area contributed by atoms with E-state index in [2.05, 4.69) is 25.9 Å². The van der Waals surface area contributed by atoms with Crippen LogP contribution in [0, 0.1) is 0 Å². The molecule has 0 radical (unpaired) electrons. The summed E-state index contributed by atoms with van der Waals surface area (Å²) in [5.41, 5.74) is 2.48. The number of carbonyl (C=O) groups excluding carboxylic acids is 2. The van der Waals surface area contributed by atoms with E-state index in [0.717, 1.165) is 11.4 Å².